The molecule has 4 nitrogen and oxygen atoms in total. The van der Waals surface area contributed by atoms with E-state index >= 15 is 0 Å². The van der Waals surface area contributed by atoms with Crippen molar-refractivity contribution in [2.24, 2.45) is 5.41 Å². The SMILES string of the molecule is CCCC(=O)Oc1ccc(/C=C/C(C)(C)C)cc1OC(=O)CCC. The number of hydrogen-bond donors (Lipinski definition) is 0. The number of carbonyl (C=O) groups is 2. The van der Waals surface area contributed by atoms with Crippen LogP contribution in [-0.2, 0) is 9.59 Å². The number of esters is 2. The standard InChI is InChI=1S/C20H28O4/c1-6-8-18(21)23-16-11-10-15(12-13-20(3,4)5)14-17(16)24-19(22)9-7-2/h10-14H,6-9H2,1-5H3/b13-12+. The van der Waals surface area contributed by atoms with Crippen molar-refractivity contribution in [1.29, 1.82) is 0 Å². The van der Waals surface area contributed by atoms with Crippen molar-refractivity contribution in [2.45, 2.75) is 60.3 Å². The molecule has 0 unspecified atom stereocenters. The van der Waals surface area contributed by atoms with Crippen LogP contribution in [0.1, 0.15) is 65.9 Å². The molecule has 0 aliphatic heterocycles. The molecule has 0 aromatic heterocycles. The summed E-state index contributed by atoms with van der Waals surface area (Å²) < 4.78 is 10.7. The fraction of sp³-hybridized carbons (Fsp3) is 0.500. The maximum Gasteiger partial charge on any atom is 0.311 e. The molecule has 0 spiro atoms. The van der Waals surface area contributed by atoms with E-state index in [1.807, 2.05) is 26.0 Å². The first kappa shape index (κ1) is 19.9. The van der Waals surface area contributed by atoms with Gasteiger partial charge in [0.25, 0.3) is 0 Å². The van der Waals surface area contributed by atoms with Crippen molar-refractivity contribution in [1.82, 2.24) is 0 Å². The third-order valence-electron chi connectivity index (χ3n) is 3.10. The van der Waals surface area contributed by atoms with Gasteiger partial charge in [0, 0.05) is 12.8 Å². The Labute approximate surface area is 144 Å². The molecule has 0 saturated heterocycles. The van der Waals surface area contributed by atoms with Gasteiger partial charge in [-0.3, -0.25) is 9.59 Å². The second-order valence-corrected chi connectivity index (χ2v) is 6.85. The Bertz CT molecular complexity index is 594. The van der Waals surface area contributed by atoms with Crippen LogP contribution in [0.2, 0.25) is 0 Å². The van der Waals surface area contributed by atoms with Crippen LogP contribution in [0.5, 0.6) is 11.5 Å². The molecule has 1 aromatic carbocycles. The highest BCUT2D eigenvalue weighted by Crippen LogP contribution is 2.30. The quantitative estimate of drug-likeness (QED) is 0.511. The monoisotopic (exact) mass is 332 g/mol. The van der Waals surface area contributed by atoms with Gasteiger partial charge >= 0.3 is 11.9 Å². The van der Waals surface area contributed by atoms with E-state index in [9.17, 15) is 9.59 Å². The third kappa shape index (κ3) is 7.44. The van der Waals surface area contributed by atoms with Gasteiger partial charge in [0.2, 0.25) is 0 Å². The molecule has 0 bridgehead atoms. The van der Waals surface area contributed by atoms with Crippen LogP contribution in [0.25, 0.3) is 6.08 Å². The van der Waals surface area contributed by atoms with Gasteiger partial charge in [-0.2, -0.15) is 0 Å². The molecule has 0 heterocycles. The highest BCUT2D eigenvalue weighted by atomic mass is 16.6. The first-order valence-corrected chi connectivity index (χ1v) is 8.49. The summed E-state index contributed by atoms with van der Waals surface area (Å²) in [6.07, 6.45) is 6.10. The average molecular weight is 332 g/mol. The largest absolute Gasteiger partial charge is 0.423 e. The minimum Gasteiger partial charge on any atom is -0.423 e. The zero-order chi connectivity index (χ0) is 18.2. The number of benzene rings is 1. The fourth-order valence-electron chi connectivity index (χ4n) is 1.89. The fourth-order valence-corrected chi connectivity index (χ4v) is 1.89. The molecule has 1 aromatic rings. The Morgan fingerprint density at radius 2 is 1.50 bits per heavy atom. The Kier molecular flexibility index (Phi) is 7.69. The van der Waals surface area contributed by atoms with E-state index in [2.05, 4.69) is 26.8 Å². The van der Waals surface area contributed by atoms with E-state index in [0.717, 1.165) is 5.56 Å². The van der Waals surface area contributed by atoms with Crippen molar-refractivity contribution in [2.75, 3.05) is 0 Å². The predicted molar refractivity (Wildman–Crippen MR) is 96.0 cm³/mol. The minimum atomic E-state index is -0.331. The van der Waals surface area contributed by atoms with Crippen LogP contribution in [0, 0.1) is 5.41 Å². The second-order valence-electron chi connectivity index (χ2n) is 6.85. The summed E-state index contributed by atoms with van der Waals surface area (Å²) in [6.45, 7) is 10.1. The van der Waals surface area contributed by atoms with Crippen LogP contribution >= 0.6 is 0 Å². The summed E-state index contributed by atoms with van der Waals surface area (Å²) in [6, 6.07) is 5.24. The normalized spacial score (nSPS) is 11.5. The Balaban J connectivity index is 3.06. The first-order chi connectivity index (χ1) is 11.2. The molecular weight excluding hydrogens is 304 g/mol. The van der Waals surface area contributed by atoms with Gasteiger partial charge in [0.05, 0.1) is 0 Å². The molecule has 1 rings (SSSR count). The lowest BCUT2D eigenvalue weighted by Gasteiger charge is -2.13. The number of rotatable bonds is 7. The predicted octanol–water partition coefficient (Wildman–Crippen LogP) is 5.16. The van der Waals surface area contributed by atoms with E-state index < -0.39 is 0 Å². The second kappa shape index (κ2) is 9.26. The summed E-state index contributed by atoms with van der Waals surface area (Å²) in [5.74, 6) is -0.0923. The zero-order valence-electron chi connectivity index (χ0n) is 15.3. The van der Waals surface area contributed by atoms with Crippen molar-refractivity contribution in [3.05, 3.63) is 29.8 Å². The summed E-state index contributed by atoms with van der Waals surface area (Å²) in [5, 5.41) is 0. The van der Waals surface area contributed by atoms with Crippen LogP contribution in [-0.4, -0.2) is 11.9 Å². The molecule has 0 N–H and O–H groups in total. The van der Waals surface area contributed by atoms with Crippen molar-refractivity contribution >= 4 is 18.0 Å². The van der Waals surface area contributed by atoms with Crippen molar-refractivity contribution in [3.63, 3.8) is 0 Å². The maximum atomic E-state index is 11.8. The molecule has 0 saturated carbocycles. The maximum absolute atomic E-state index is 11.8. The summed E-state index contributed by atoms with van der Waals surface area (Å²) in [4.78, 5) is 23.6. The van der Waals surface area contributed by atoms with Gasteiger partial charge < -0.3 is 9.47 Å². The van der Waals surface area contributed by atoms with Crippen molar-refractivity contribution < 1.29 is 19.1 Å². The molecule has 132 valence electrons. The van der Waals surface area contributed by atoms with Gasteiger partial charge in [-0.15, -0.1) is 0 Å². The van der Waals surface area contributed by atoms with E-state index in [4.69, 9.17) is 9.47 Å². The number of hydrogen-bond acceptors (Lipinski definition) is 4. The highest BCUT2D eigenvalue weighted by molar-refractivity contribution is 5.76. The summed E-state index contributed by atoms with van der Waals surface area (Å²) in [5.41, 5.74) is 0.935. The Hall–Kier alpha value is -2.10. The highest BCUT2D eigenvalue weighted by Gasteiger charge is 2.14. The van der Waals surface area contributed by atoms with Crippen LogP contribution < -0.4 is 9.47 Å². The molecule has 24 heavy (non-hydrogen) atoms. The van der Waals surface area contributed by atoms with Gasteiger partial charge in [0.1, 0.15) is 0 Å². The molecule has 0 radical (unpaired) electrons. The number of ether oxygens (including phenoxy) is 2. The summed E-state index contributed by atoms with van der Waals surface area (Å²) in [7, 11) is 0. The number of allylic oxidation sites excluding steroid dienone is 1. The lowest BCUT2D eigenvalue weighted by Crippen LogP contribution is -2.11. The first-order valence-electron chi connectivity index (χ1n) is 8.49. The average Bonchev–Trinajstić information content (AvgIpc) is 2.47. The molecule has 0 amide bonds. The molecule has 0 aliphatic rings. The smallest absolute Gasteiger partial charge is 0.311 e. The Morgan fingerprint density at radius 3 is 2.00 bits per heavy atom. The molecule has 0 fully saturated rings. The topological polar surface area (TPSA) is 52.6 Å². The van der Waals surface area contributed by atoms with Gasteiger partial charge in [-0.1, -0.05) is 52.8 Å². The third-order valence-corrected chi connectivity index (χ3v) is 3.10. The molecule has 4 heteroatoms. The van der Waals surface area contributed by atoms with Crippen LogP contribution in [0.3, 0.4) is 0 Å². The van der Waals surface area contributed by atoms with Crippen LogP contribution in [0.4, 0.5) is 0 Å². The minimum absolute atomic E-state index is 0.0469. The van der Waals surface area contributed by atoms with E-state index in [1.165, 1.54) is 0 Å². The Morgan fingerprint density at radius 1 is 0.958 bits per heavy atom. The lowest BCUT2D eigenvalue weighted by atomic mass is 9.95. The van der Waals surface area contributed by atoms with Crippen molar-refractivity contribution in [3.8, 4) is 11.5 Å². The van der Waals surface area contributed by atoms with E-state index in [0.29, 0.717) is 25.7 Å². The molecular formula is C20H28O4. The molecule has 0 atom stereocenters. The van der Waals surface area contributed by atoms with E-state index in [1.54, 1.807) is 12.1 Å². The van der Waals surface area contributed by atoms with E-state index in [-0.39, 0.29) is 28.9 Å². The summed E-state index contributed by atoms with van der Waals surface area (Å²) >= 11 is 0. The van der Waals surface area contributed by atoms with Gasteiger partial charge in [-0.05, 0) is 36.0 Å². The van der Waals surface area contributed by atoms with Gasteiger partial charge in [-0.25, -0.2) is 0 Å². The van der Waals surface area contributed by atoms with Crippen LogP contribution in [0.15, 0.2) is 24.3 Å². The molecule has 0 aliphatic carbocycles. The lowest BCUT2D eigenvalue weighted by molar-refractivity contribution is -0.137. The zero-order valence-corrected chi connectivity index (χ0v) is 15.3. The number of carbonyl (C=O) groups excluding carboxylic acids is 2. The van der Waals surface area contributed by atoms with Gasteiger partial charge in [0.15, 0.2) is 11.5 Å².